The van der Waals surface area contributed by atoms with Crippen LogP contribution >= 0.6 is 7.82 Å². The summed E-state index contributed by atoms with van der Waals surface area (Å²) in [5, 5.41) is 13.9. The van der Waals surface area contributed by atoms with Crippen molar-refractivity contribution in [3.05, 3.63) is 24.3 Å². The van der Waals surface area contributed by atoms with Crippen LogP contribution in [0.15, 0.2) is 24.3 Å². The van der Waals surface area contributed by atoms with Crippen LogP contribution in [-0.4, -0.2) is 73.4 Å². The summed E-state index contributed by atoms with van der Waals surface area (Å²) in [6, 6.07) is -0.849. The van der Waals surface area contributed by atoms with Crippen LogP contribution in [0.3, 0.4) is 0 Å². The SMILES string of the molecule is CCCCCCC/C=C\CCCCCCCC(=O)NC(COP(=O)(O)OCC[N+](C)(C)C)C(O)/C=C/CCCCCCCCCCCCCCCCCCCCCCCCCCCCCC. The molecule has 66 heavy (non-hydrogen) atoms. The van der Waals surface area contributed by atoms with Crippen molar-refractivity contribution in [1.82, 2.24) is 5.32 Å². The number of unbranched alkanes of at least 4 members (excludes halogenated alkanes) is 38. The molecule has 0 fully saturated rings. The quantitative estimate of drug-likeness (QED) is 0.0243. The van der Waals surface area contributed by atoms with Crippen LogP contribution < -0.4 is 5.32 Å². The van der Waals surface area contributed by atoms with Crippen LogP contribution in [0.2, 0.25) is 0 Å². The van der Waals surface area contributed by atoms with E-state index in [0.717, 1.165) is 51.4 Å². The zero-order valence-electron chi connectivity index (χ0n) is 44.7. The fourth-order valence-corrected chi connectivity index (χ4v) is 9.36. The van der Waals surface area contributed by atoms with Crippen molar-refractivity contribution in [2.75, 3.05) is 40.9 Å². The number of quaternary nitrogens is 1. The van der Waals surface area contributed by atoms with E-state index in [1.165, 1.54) is 212 Å². The second-order valence-corrected chi connectivity index (χ2v) is 22.5. The number of rotatable bonds is 53. The molecule has 0 heterocycles. The number of aliphatic hydroxyl groups excluding tert-OH is 1. The zero-order chi connectivity index (χ0) is 48.5. The molecule has 0 aromatic heterocycles. The Morgan fingerprint density at radius 3 is 1.17 bits per heavy atom. The summed E-state index contributed by atoms with van der Waals surface area (Å²) < 4.78 is 23.7. The monoisotopic (exact) mass is 954 g/mol. The number of carbonyl (C=O) groups excluding carboxylic acids is 1. The van der Waals surface area contributed by atoms with Crippen molar-refractivity contribution in [3.63, 3.8) is 0 Å². The van der Waals surface area contributed by atoms with E-state index in [1.807, 2.05) is 27.2 Å². The Labute approximate surface area is 411 Å². The predicted molar refractivity (Wildman–Crippen MR) is 286 cm³/mol. The van der Waals surface area contributed by atoms with Gasteiger partial charge in [-0.1, -0.05) is 256 Å². The fourth-order valence-electron chi connectivity index (χ4n) is 8.63. The topological polar surface area (TPSA) is 105 Å². The van der Waals surface area contributed by atoms with Crippen LogP contribution in [0.5, 0.6) is 0 Å². The van der Waals surface area contributed by atoms with Gasteiger partial charge in [0.25, 0.3) is 0 Å². The summed E-state index contributed by atoms with van der Waals surface area (Å²) in [6.45, 7) is 4.83. The van der Waals surface area contributed by atoms with Crippen molar-refractivity contribution >= 4 is 13.7 Å². The first-order valence-electron chi connectivity index (χ1n) is 28.7. The van der Waals surface area contributed by atoms with Gasteiger partial charge in [-0.05, 0) is 44.9 Å². The Balaban J connectivity index is 4.09. The first-order chi connectivity index (χ1) is 32.0. The largest absolute Gasteiger partial charge is 0.472 e. The predicted octanol–water partition coefficient (Wildman–Crippen LogP) is 17.2. The highest BCUT2D eigenvalue weighted by Gasteiger charge is 2.27. The Kier molecular flexibility index (Phi) is 48.2. The summed E-state index contributed by atoms with van der Waals surface area (Å²) in [5.41, 5.74) is 0. The second kappa shape index (κ2) is 49.0. The van der Waals surface area contributed by atoms with E-state index >= 15 is 0 Å². The summed E-state index contributed by atoms with van der Waals surface area (Å²) >= 11 is 0. The molecule has 0 aliphatic heterocycles. The van der Waals surface area contributed by atoms with Crippen molar-refractivity contribution in [3.8, 4) is 0 Å². The third-order valence-electron chi connectivity index (χ3n) is 13.2. The van der Waals surface area contributed by atoms with E-state index in [-0.39, 0.29) is 19.1 Å². The zero-order valence-corrected chi connectivity index (χ0v) is 45.6. The van der Waals surface area contributed by atoms with Crippen LogP contribution in [0, 0.1) is 0 Å². The van der Waals surface area contributed by atoms with Crippen molar-refractivity contribution < 1.29 is 32.9 Å². The van der Waals surface area contributed by atoms with E-state index in [2.05, 4.69) is 31.3 Å². The lowest BCUT2D eigenvalue weighted by Gasteiger charge is -2.25. The van der Waals surface area contributed by atoms with Gasteiger partial charge in [0.2, 0.25) is 5.91 Å². The van der Waals surface area contributed by atoms with Gasteiger partial charge in [0, 0.05) is 6.42 Å². The van der Waals surface area contributed by atoms with E-state index < -0.39 is 20.0 Å². The van der Waals surface area contributed by atoms with Gasteiger partial charge in [0.05, 0.1) is 39.9 Å². The first kappa shape index (κ1) is 65.0. The molecule has 3 atom stereocenters. The molecule has 3 N–H and O–H groups in total. The van der Waals surface area contributed by atoms with Gasteiger partial charge in [-0.3, -0.25) is 13.8 Å². The standard InChI is InChI=1S/C57H113N2O6P/c1-6-8-10-12-14-16-18-20-22-23-24-25-26-27-28-29-30-31-32-33-34-35-36-37-38-40-42-44-46-48-50-56(60)55(54-65-66(62,63)64-53-52-59(3,4)5)58-57(61)51-49-47-45-43-41-39-21-19-17-15-13-11-9-7-2/h19,21,48,50,55-56,60H,6-18,20,22-47,49,51-54H2,1-5H3,(H-,58,61,62,63)/p+1/b21-19-,50-48+. The van der Waals surface area contributed by atoms with Gasteiger partial charge in [0.1, 0.15) is 13.2 Å². The minimum atomic E-state index is -4.34. The highest BCUT2D eigenvalue weighted by Crippen LogP contribution is 2.43. The molecule has 0 bridgehead atoms. The normalized spacial score (nSPS) is 14.1. The molecule has 1 amide bonds. The molecule has 0 rings (SSSR count). The minimum absolute atomic E-state index is 0.0614. The summed E-state index contributed by atoms with van der Waals surface area (Å²) in [4.78, 5) is 23.2. The summed E-state index contributed by atoms with van der Waals surface area (Å²) in [7, 11) is 1.58. The van der Waals surface area contributed by atoms with Gasteiger partial charge in [-0.15, -0.1) is 0 Å². The molecule has 0 radical (unpaired) electrons. The fraction of sp³-hybridized carbons (Fsp3) is 0.912. The average Bonchev–Trinajstić information content (AvgIpc) is 3.28. The number of likely N-dealkylation sites (N-methyl/N-ethyl adjacent to an activating group) is 1. The molecule has 9 heteroatoms. The number of nitrogens with one attached hydrogen (secondary N) is 1. The lowest BCUT2D eigenvalue weighted by molar-refractivity contribution is -0.870. The smallest absolute Gasteiger partial charge is 0.387 e. The van der Waals surface area contributed by atoms with Crippen molar-refractivity contribution in [2.24, 2.45) is 0 Å². The highest BCUT2D eigenvalue weighted by molar-refractivity contribution is 7.47. The van der Waals surface area contributed by atoms with Crippen LogP contribution in [0.4, 0.5) is 0 Å². The third-order valence-corrected chi connectivity index (χ3v) is 14.1. The number of phosphoric ester groups is 1. The molecule has 0 aliphatic rings. The molecular weight excluding hydrogens is 840 g/mol. The number of allylic oxidation sites excluding steroid dienone is 3. The molecule has 0 aromatic rings. The lowest BCUT2D eigenvalue weighted by atomic mass is 10.0. The molecule has 392 valence electrons. The Morgan fingerprint density at radius 1 is 0.500 bits per heavy atom. The average molecular weight is 955 g/mol. The highest BCUT2D eigenvalue weighted by atomic mass is 31.2. The number of amides is 1. The summed E-state index contributed by atoms with van der Waals surface area (Å²) in [6.07, 6.45) is 61.5. The molecule has 0 saturated carbocycles. The maximum absolute atomic E-state index is 12.9. The van der Waals surface area contributed by atoms with E-state index in [1.54, 1.807) is 6.08 Å². The molecule has 0 aromatic carbocycles. The van der Waals surface area contributed by atoms with Crippen LogP contribution in [-0.2, 0) is 18.4 Å². The van der Waals surface area contributed by atoms with Gasteiger partial charge >= 0.3 is 7.82 Å². The van der Waals surface area contributed by atoms with Crippen LogP contribution in [0.1, 0.15) is 284 Å². The molecule has 3 unspecified atom stereocenters. The number of nitrogens with zero attached hydrogens (tertiary/aromatic N) is 1. The molecular formula is C57H114N2O6P+. The van der Waals surface area contributed by atoms with Gasteiger partial charge in [-0.25, -0.2) is 4.57 Å². The van der Waals surface area contributed by atoms with Gasteiger partial charge in [-0.2, -0.15) is 0 Å². The maximum Gasteiger partial charge on any atom is 0.472 e. The molecule has 0 aliphatic carbocycles. The van der Waals surface area contributed by atoms with E-state index in [0.29, 0.717) is 17.4 Å². The van der Waals surface area contributed by atoms with Crippen LogP contribution in [0.25, 0.3) is 0 Å². The minimum Gasteiger partial charge on any atom is -0.387 e. The Hall–Kier alpha value is -1.02. The number of aliphatic hydroxyl groups is 1. The van der Waals surface area contributed by atoms with Crippen molar-refractivity contribution in [2.45, 2.75) is 296 Å². The van der Waals surface area contributed by atoms with Gasteiger partial charge in [0.15, 0.2) is 0 Å². The number of phosphoric acid groups is 1. The Bertz CT molecular complexity index is 1130. The Morgan fingerprint density at radius 2 is 0.818 bits per heavy atom. The lowest BCUT2D eigenvalue weighted by Crippen LogP contribution is -2.45. The summed E-state index contributed by atoms with van der Waals surface area (Å²) in [5.74, 6) is -0.183. The number of carbonyl (C=O) groups is 1. The third kappa shape index (κ3) is 50.8. The van der Waals surface area contributed by atoms with Crippen molar-refractivity contribution in [1.29, 1.82) is 0 Å². The first-order valence-corrected chi connectivity index (χ1v) is 30.2. The molecule has 8 nitrogen and oxygen atoms in total. The maximum atomic E-state index is 12.9. The second-order valence-electron chi connectivity index (χ2n) is 21.0. The number of hydrogen-bond acceptors (Lipinski definition) is 5. The molecule has 0 spiro atoms. The number of hydrogen-bond donors (Lipinski definition) is 3. The molecule has 0 saturated heterocycles. The van der Waals surface area contributed by atoms with E-state index in [4.69, 9.17) is 9.05 Å². The van der Waals surface area contributed by atoms with Gasteiger partial charge < -0.3 is 19.8 Å². The van der Waals surface area contributed by atoms with E-state index in [9.17, 15) is 19.4 Å².